The molecule has 0 bridgehead atoms. The summed E-state index contributed by atoms with van der Waals surface area (Å²) in [6.07, 6.45) is 0.943. The molecule has 1 aliphatic rings. The van der Waals surface area contributed by atoms with E-state index in [0.717, 1.165) is 16.8 Å². The van der Waals surface area contributed by atoms with E-state index < -0.39 is 23.1 Å². The van der Waals surface area contributed by atoms with Crippen LogP contribution in [0.1, 0.15) is 29.1 Å². The van der Waals surface area contributed by atoms with Crippen LogP contribution in [0.2, 0.25) is 0 Å². The molecule has 2 heterocycles. The van der Waals surface area contributed by atoms with Gasteiger partial charge in [-0.25, -0.2) is 13.8 Å². The number of aromatic nitrogens is 1. The second-order valence-corrected chi connectivity index (χ2v) is 8.07. The summed E-state index contributed by atoms with van der Waals surface area (Å²) >= 11 is 1.54. The van der Waals surface area contributed by atoms with Gasteiger partial charge in [0.25, 0.3) is 5.91 Å². The van der Waals surface area contributed by atoms with E-state index in [9.17, 15) is 18.7 Å². The molecule has 1 aromatic carbocycles. The van der Waals surface area contributed by atoms with Gasteiger partial charge in [-0.1, -0.05) is 12.1 Å². The van der Waals surface area contributed by atoms with Crippen LogP contribution in [0.15, 0.2) is 23.6 Å². The maximum atomic E-state index is 13.9. The maximum absolute atomic E-state index is 13.9. The average molecular weight is 395 g/mol. The zero-order chi connectivity index (χ0) is 19.6. The standard InChI is InChI=1S/C19H23F2N3O2S/c1-13-11-27-16(22-13)10-23(2)12-19(26)7-4-8-24(18(19)25)9-14-5-3-6-15(20)17(14)21/h3,5-6,11,26H,4,7-10,12H2,1-2H3/t19-/m0/s1. The summed E-state index contributed by atoms with van der Waals surface area (Å²) in [6.45, 7) is 2.97. The number of nitrogens with zero attached hydrogens (tertiary/aromatic N) is 3. The topological polar surface area (TPSA) is 56.7 Å². The van der Waals surface area contributed by atoms with E-state index in [-0.39, 0.29) is 18.7 Å². The van der Waals surface area contributed by atoms with E-state index in [4.69, 9.17) is 0 Å². The Kier molecular flexibility index (Phi) is 5.88. The number of piperidine rings is 1. The third-order valence-electron chi connectivity index (χ3n) is 4.70. The number of rotatable bonds is 6. The van der Waals surface area contributed by atoms with E-state index in [1.165, 1.54) is 28.4 Å². The van der Waals surface area contributed by atoms with Gasteiger partial charge in [0.1, 0.15) is 5.01 Å². The summed E-state index contributed by atoms with van der Waals surface area (Å²) in [5, 5.41) is 13.8. The number of halogens is 2. The number of aliphatic hydroxyl groups is 1. The highest BCUT2D eigenvalue weighted by molar-refractivity contribution is 7.09. The van der Waals surface area contributed by atoms with E-state index in [2.05, 4.69) is 4.98 Å². The van der Waals surface area contributed by atoms with Crippen molar-refractivity contribution in [3.8, 4) is 0 Å². The fourth-order valence-electron chi connectivity index (χ4n) is 3.45. The van der Waals surface area contributed by atoms with Gasteiger partial charge in [-0.15, -0.1) is 11.3 Å². The van der Waals surface area contributed by atoms with Crippen molar-refractivity contribution in [2.75, 3.05) is 20.1 Å². The summed E-state index contributed by atoms with van der Waals surface area (Å²) in [7, 11) is 1.83. The Hall–Kier alpha value is -1.90. The molecule has 5 nitrogen and oxygen atoms in total. The highest BCUT2D eigenvalue weighted by atomic mass is 32.1. The van der Waals surface area contributed by atoms with Crippen LogP contribution in [0.3, 0.4) is 0 Å². The molecule has 3 rings (SSSR count). The lowest BCUT2D eigenvalue weighted by Gasteiger charge is -2.40. The Morgan fingerprint density at radius 3 is 2.89 bits per heavy atom. The van der Waals surface area contributed by atoms with Crippen molar-refractivity contribution in [2.45, 2.75) is 38.5 Å². The fraction of sp³-hybridized carbons (Fsp3) is 0.474. The van der Waals surface area contributed by atoms with Crippen LogP contribution >= 0.6 is 11.3 Å². The molecule has 1 atom stereocenters. The summed E-state index contributed by atoms with van der Waals surface area (Å²) in [5.41, 5.74) is -0.485. The van der Waals surface area contributed by atoms with Crippen molar-refractivity contribution in [1.29, 1.82) is 0 Å². The Bertz CT molecular complexity index is 829. The molecule has 2 aromatic rings. The van der Waals surface area contributed by atoms with E-state index in [1.807, 2.05) is 24.3 Å². The molecule has 8 heteroatoms. The molecular weight excluding hydrogens is 372 g/mol. The number of likely N-dealkylation sites (tertiary alicyclic amines) is 1. The van der Waals surface area contributed by atoms with Crippen LogP contribution in [-0.4, -0.2) is 51.5 Å². The van der Waals surface area contributed by atoms with Gasteiger partial charge >= 0.3 is 0 Å². The van der Waals surface area contributed by atoms with Crippen molar-refractivity contribution in [2.24, 2.45) is 0 Å². The number of hydrogen-bond acceptors (Lipinski definition) is 5. The van der Waals surface area contributed by atoms with Gasteiger partial charge < -0.3 is 10.0 Å². The largest absolute Gasteiger partial charge is 0.379 e. The zero-order valence-corrected chi connectivity index (χ0v) is 16.2. The molecule has 1 aliphatic heterocycles. The molecule has 0 aliphatic carbocycles. The molecular formula is C19H23F2N3O2S. The Morgan fingerprint density at radius 1 is 1.41 bits per heavy atom. The number of thiazole rings is 1. The van der Waals surface area contributed by atoms with Crippen LogP contribution in [-0.2, 0) is 17.9 Å². The van der Waals surface area contributed by atoms with Crippen LogP contribution in [0, 0.1) is 18.6 Å². The van der Waals surface area contributed by atoms with Gasteiger partial charge in [-0.05, 0) is 32.9 Å². The smallest absolute Gasteiger partial charge is 0.256 e. The number of carbonyl (C=O) groups is 1. The number of likely N-dealkylation sites (N-methyl/N-ethyl adjacent to an activating group) is 1. The SMILES string of the molecule is Cc1csc(CN(C)C[C@@]2(O)CCCN(Cc3cccc(F)c3F)C2=O)n1. The number of benzene rings is 1. The molecule has 0 spiro atoms. The number of carbonyl (C=O) groups excluding carboxylic acids is 1. The summed E-state index contributed by atoms with van der Waals surface area (Å²) < 4.78 is 27.4. The lowest BCUT2D eigenvalue weighted by molar-refractivity contribution is -0.160. The Labute approximate surface area is 161 Å². The quantitative estimate of drug-likeness (QED) is 0.817. The van der Waals surface area contributed by atoms with Crippen molar-refractivity contribution in [1.82, 2.24) is 14.8 Å². The third kappa shape index (κ3) is 4.51. The molecule has 0 unspecified atom stereocenters. The van der Waals surface area contributed by atoms with Gasteiger partial charge in [-0.3, -0.25) is 9.69 Å². The first-order valence-corrected chi connectivity index (χ1v) is 9.71. The maximum Gasteiger partial charge on any atom is 0.256 e. The first-order valence-electron chi connectivity index (χ1n) is 8.83. The lowest BCUT2D eigenvalue weighted by Crippen LogP contribution is -2.57. The van der Waals surface area contributed by atoms with Gasteiger partial charge in [0.05, 0.1) is 6.54 Å². The first kappa shape index (κ1) is 19.9. The molecule has 1 aromatic heterocycles. The monoisotopic (exact) mass is 395 g/mol. The van der Waals surface area contributed by atoms with Gasteiger partial charge in [0, 0.05) is 36.3 Å². The summed E-state index contributed by atoms with van der Waals surface area (Å²) in [6, 6.07) is 3.91. The first-order chi connectivity index (χ1) is 12.8. The van der Waals surface area contributed by atoms with Crippen molar-refractivity contribution in [3.05, 3.63) is 51.5 Å². The van der Waals surface area contributed by atoms with Gasteiger partial charge in [0.15, 0.2) is 17.2 Å². The summed E-state index contributed by atoms with van der Waals surface area (Å²) in [5.74, 6) is -2.33. The molecule has 0 radical (unpaired) electrons. The second-order valence-electron chi connectivity index (χ2n) is 7.13. The molecule has 0 saturated carbocycles. The minimum Gasteiger partial charge on any atom is -0.379 e. The van der Waals surface area contributed by atoms with Crippen LogP contribution < -0.4 is 0 Å². The zero-order valence-electron chi connectivity index (χ0n) is 15.4. The van der Waals surface area contributed by atoms with Gasteiger partial charge in [-0.2, -0.15) is 0 Å². The lowest BCUT2D eigenvalue weighted by atomic mass is 9.90. The number of aryl methyl sites for hydroxylation is 1. The predicted octanol–water partition coefficient (Wildman–Crippen LogP) is 2.72. The second kappa shape index (κ2) is 8.00. The Balaban J connectivity index is 1.68. The molecule has 146 valence electrons. The molecule has 1 N–H and O–H groups in total. The minimum atomic E-state index is -1.54. The fourth-order valence-corrected chi connectivity index (χ4v) is 4.30. The van der Waals surface area contributed by atoms with Crippen molar-refractivity contribution < 1.29 is 18.7 Å². The normalized spacial score (nSPS) is 20.5. The molecule has 1 saturated heterocycles. The third-order valence-corrected chi connectivity index (χ3v) is 5.65. The number of amides is 1. The predicted molar refractivity (Wildman–Crippen MR) is 99.1 cm³/mol. The van der Waals surface area contributed by atoms with E-state index in [1.54, 1.807) is 0 Å². The average Bonchev–Trinajstić information content (AvgIpc) is 3.00. The van der Waals surface area contributed by atoms with Crippen LogP contribution in [0.5, 0.6) is 0 Å². The minimum absolute atomic E-state index is 0.0554. The van der Waals surface area contributed by atoms with Crippen molar-refractivity contribution in [3.63, 3.8) is 0 Å². The van der Waals surface area contributed by atoms with Crippen LogP contribution in [0.25, 0.3) is 0 Å². The van der Waals surface area contributed by atoms with E-state index >= 15 is 0 Å². The molecule has 1 fully saturated rings. The van der Waals surface area contributed by atoms with Crippen LogP contribution in [0.4, 0.5) is 8.78 Å². The Morgan fingerprint density at radius 2 is 2.19 bits per heavy atom. The highest BCUT2D eigenvalue weighted by Gasteiger charge is 2.43. The number of hydrogen-bond donors (Lipinski definition) is 1. The highest BCUT2D eigenvalue weighted by Crippen LogP contribution is 2.26. The summed E-state index contributed by atoms with van der Waals surface area (Å²) in [4.78, 5) is 20.5. The van der Waals surface area contributed by atoms with Crippen molar-refractivity contribution >= 4 is 17.2 Å². The van der Waals surface area contributed by atoms with E-state index in [0.29, 0.717) is 25.9 Å². The van der Waals surface area contributed by atoms with Gasteiger partial charge in [0.2, 0.25) is 0 Å². The molecule has 1 amide bonds. The molecule has 27 heavy (non-hydrogen) atoms.